The summed E-state index contributed by atoms with van der Waals surface area (Å²) in [6, 6.07) is -0.549. The molecule has 1 aromatic heterocycles. The highest BCUT2D eigenvalue weighted by Crippen LogP contribution is 2.23. The fraction of sp³-hybridized carbons (Fsp3) is 0.789. The van der Waals surface area contributed by atoms with Crippen molar-refractivity contribution in [1.29, 1.82) is 0 Å². The van der Waals surface area contributed by atoms with Crippen LogP contribution in [0.5, 0.6) is 0 Å². The van der Waals surface area contributed by atoms with Crippen molar-refractivity contribution >= 4 is 11.7 Å². The summed E-state index contributed by atoms with van der Waals surface area (Å²) in [6.45, 7) is 10.9. The minimum absolute atomic E-state index is 0.0379. The third kappa shape index (κ3) is 5.83. The second-order valence-electron chi connectivity index (χ2n) is 8.77. The number of nitrogens with zero attached hydrogens (tertiary/aromatic N) is 3. The number of hydrogen-bond donors (Lipinski definition) is 1. The molecule has 9 heteroatoms. The quantitative estimate of drug-likeness (QED) is 0.380. The predicted molar refractivity (Wildman–Crippen MR) is 102 cm³/mol. The zero-order chi connectivity index (χ0) is 20.9. The summed E-state index contributed by atoms with van der Waals surface area (Å²) in [5, 5.41) is 7.02. The van der Waals surface area contributed by atoms with E-state index < -0.39 is 11.6 Å². The molecule has 9 nitrogen and oxygen atoms in total. The van der Waals surface area contributed by atoms with Gasteiger partial charge < -0.3 is 24.2 Å². The van der Waals surface area contributed by atoms with E-state index in [4.69, 9.17) is 14.0 Å². The Balaban J connectivity index is 1.97. The lowest BCUT2D eigenvalue weighted by molar-refractivity contribution is -0.131. The molecule has 0 saturated carbocycles. The lowest BCUT2D eigenvalue weighted by Crippen LogP contribution is -2.51. The molecule has 1 aliphatic rings. The first-order valence-corrected chi connectivity index (χ1v) is 9.55. The van der Waals surface area contributed by atoms with Crippen molar-refractivity contribution in [3.8, 4) is 0 Å². The van der Waals surface area contributed by atoms with Crippen LogP contribution in [0.1, 0.15) is 64.0 Å². The van der Waals surface area contributed by atoms with Gasteiger partial charge in [0.1, 0.15) is 6.79 Å². The Morgan fingerprint density at radius 3 is 2.61 bits per heavy atom. The summed E-state index contributed by atoms with van der Waals surface area (Å²) in [5.74, 6) is 0.0464. The molecule has 28 heavy (non-hydrogen) atoms. The van der Waals surface area contributed by atoms with Gasteiger partial charge in [-0.05, 0) is 26.7 Å². The third-order valence-electron chi connectivity index (χ3n) is 4.55. The van der Waals surface area contributed by atoms with Crippen molar-refractivity contribution in [2.45, 2.75) is 64.5 Å². The second-order valence-corrected chi connectivity index (χ2v) is 8.77. The highest BCUT2D eigenvalue weighted by atomic mass is 16.7. The van der Waals surface area contributed by atoms with Crippen LogP contribution in [0.3, 0.4) is 0 Å². The number of ketones is 1. The van der Waals surface area contributed by atoms with Crippen molar-refractivity contribution in [3.05, 3.63) is 11.7 Å². The largest absolute Gasteiger partial charge is 0.359 e. The first-order chi connectivity index (χ1) is 13.0. The number of carbonyl (C=O) groups is 2. The molecule has 0 spiro atoms. The van der Waals surface area contributed by atoms with Crippen LogP contribution in [0, 0.1) is 0 Å². The van der Waals surface area contributed by atoms with E-state index in [0.29, 0.717) is 25.5 Å². The number of carbonyl (C=O) groups excluding carboxylic acids is 2. The lowest BCUT2D eigenvalue weighted by atomic mass is 9.97. The lowest BCUT2D eigenvalue weighted by Gasteiger charge is -2.28. The van der Waals surface area contributed by atoms with Crippen molar-refractivity contribution in [2.24, 2.45) is 0 Å². The Bertz CT molecular complexity index is 680. The minimum Gasteiger partial charge on any atom is -0.359 e. The molecular weight excluding hydrogens is 364 g/mol. The Labute approximate surface area is 166 Å². The molecule has 1 unspecified atom stereocenters. The zero-order valence-electron chi connectivity index (χ0n) is 17.7. The molecule has 0 radical (unpaired) electrons. The molecule has 1 amide bonds. The van der Waals surface area contributed by atoms with E-state index in [9.17, 15) is 9.59 Å². The van der Waals surface area contributed by atoms with Crippen LogP contribution >= 0.6 is 0 Å². The number of hydrogen-bond acceptors (Lipinski definition) is 8. The number of rotatable bonds is 9. The predicted octanol–water partition coefficient (Wildman–Crippen LogP) is 1.53. The van der Waals surface area contributed by atoms with Crippen molar-refractivity contribution in [2.75, 3.05) is 33.6 Å². The molecule has 2 heterocycles. The number of methoxy groups -OCH3 is 1. The summed E-state index contributed by atoms with van der Waals surface area (Å²) >= 11 is 0. The average molecular weight is 396 g/mol. The molecule has 158 valence electrons. The Morgan fingerprint density at radius 2 is 2.00 bits per heavy atom. The maximum Gasteiger partial charge on any atom is 0.240 e. The van der Waals surface area contributed by atoms with Gasteiger partial charge in [-0.25, -0.2) is 0 Å². The average Bonchev–Trinajstić information content (AvgIpc) is 3.28. The minimum atomic E-state index is -0.549. The SMILES string of the molecule is COCOCC(C)(C)NCC(=O)N1CCCC1C(=O)c1noc(C(C)(C)C)n1. The zero-order valence-corrected chi connectivity index (χ0v) is 17.7. The molecule has 1 aliphatic heterocycles. The number of nitrogens with one attached hydrogen (secondary N) is 1. The molecule has 0 bridgehead atoms. The number of aromatic nitrogens is 2. The van der Waals surface area contributed by atoms with E-state index in [2.05, 4.69) is 15.5 Å². The monoisotopic (exact) mass is 396 g/mol. The normalized spacial score (nSPS) is 17.9. The standard InChI is InChI=1S/C19H32N4O5/c1-18(2,3)17-21-16(22-28-17)15(25)13-8-7-9-23(13)14(24)10-20-19(4,5)11-27-12-26-6/h13,20H,7-12H2,1-6H3. The fourth-order valence-electron chi connectivity index (χ4n) is 2.96. The molecule has 1 fully saturated rings. The van der Waals surface area contributed by atoms with Crippen LogP contribution in [0.2, 0.25) is 0 Å². The summed E-state index contributed by atoms with van der Waals surface area (Å²) in [5.41, 5.74) is -0.736. The highest BCUT2D eigenvalue weighted by Gasteiger charge is 2.37. The number of Topliss-reactive ketones (excluding diaryl/α,β-unsaturated/α-hetero) is 1. The van der Waals surface area contributed by atoms with Crippen molar-refractivity contribution in [1.82, 2.24) is 20.4 Å². The van der Waals surface area contributed by atoms with Crippen LogP contribution in [0.4, 0.5) is 0 Å². The van der Waals surface area contributed by atoms with Crippen LogP contribution in [-0.4, -0.2) is 71.9 Å². The molecule has 1 aromatic rings. The van der Waals surface area contributed by atoms with Gasteiger partial charge in [-0.15, -0.1) is 0 Å². The fourth-order valence-corrected chi connectivity index (χ4v) is 2.96. The van der Waals surface area contributed by atoms with E-state index in [1.165, 1.54) is 0 Å². The van der Waals surface area contributed by atoms with E-state index in [-0.39, 0.29) is 36.3 Å². The smallest absolute Gasteiger partial charge is 0.240 e. The van der Waals surface area contributed by atoms with Gasteiger partial charge in [0, 0.05) is 24.6 Å². The Kier molecular flexibility index (Phi) is 7.30. The molecular formula is C19H32N4O5. The maximum absolute atomic E-state index is 12.8. The molecule has 2 rings (SSSR count). The Morgan fingerprint density at radius 1 is 1.29 bits per heavy atom. The molecule has 1 atom stereocenters. The topological polar surface area (TPSA) is 107 Å². The van der Waals surface area contributed by atoms with Gasteiger partial charge in [-0.3, -0.25) is 9.59 Å². The number of ether oxygens (including phenoxy) is 2. The van der Waals surface area contributed by atoms with E-state index in [0.717, 1.165) is 6.42 Å². The van der Waals surface area contributed by atoms with Crippen LogP contribution in [-0.2, 0) is 19.7 Å². The van der Waals surface area contributed by atoms with Gasteiger partial charge in [0.25, 0.3) is 0 Å². The number of amides is 1. The Hall–Kier alpha value is -1.84. The van der Waals surface area contributed by atoms with Gasteiger partial charge in [0.05, 0.1) is 19.2 Å². The summed E-state index contributed by atoms with van der Waals surface area (Å²) in [6.07, 6.45) is 1.37. The highest BCUT2D eigenvalue weighted by molar-refractivity contribution is 5.99. The second kappa shape index (κ2) is 9.11. The molecule has 1 saturated heterocycles. The first-order valence-electron chi connectivity index (χ1n) is 9.55. The van der Waals surface area contributed by atoms with Gasteiger partial charge in [-0.2, -0.15) is 4.98 Å². The van der Waals surface area contributed by atoms with Crippen LogP contribution in [0.25, 0.3) is 0 Å². The number of likely N-dealkylation sites (tertiary alicyclic amines) is 1. The van der Waals surface area contributed by atoms with Gasteiger partial charge >= 0.3 is 0 Å². The summed E-state index contributed by atoms with van der Waals surface area (Å²) in [4.78, 5) is 31.4. The summed E-state index contributed by atoms with van der Waals surface area (Å²) in [7, 11) is 1.56. The molecule has 1 N–H and O–H groups in total. The van der Waals surface area contributed by atoms with Gasteiger partial charge in [0.15, 0.2) is 0 Å². The van der Waals surface area contributed by atoms with E-state index in [1.807, 2.05) is 34.6 Å². The molecule has 0 aromatic carbocycles. The van der Waals surface area contributed by atoms with E-state index in [1.54, 1.807) is 12.0 Å². The van der Waals surface area contributed by atoms with Crippen molar-refractivity contribution in [3.63, 3.8) is 0 Å². The van der Waals surface area contributed by atoms with Crippen LogP contribution in [0.15, 0.2) is 4.52 Å². The maximum atomic E-state index is 12.8. The van der Waals surface area contributed by atoms with Crippen molar-refractivity contribution < 1.29 is 23.6 Å². The summed E-state index contributed by atoms with van der Waals surface area (Å²) < 4.78 is 15.5. The first kappa shape index (κ1) is 22.4. The van der Waals surface area contributed by atoms with E-state index >= 15 is 0 Å². The molecule has 0 aliphatic carbocycles. The third-order valence-corrected chi connectivity index (χ3v) is 4.55. The van der Waals surface area contributed by atoms with Gasteiger partial charge in [0.2, 0.25) is 23.4 Å². The van der Waals surface area contributed by atoms with Gasteiger partial charge in [-0.1, -0.05) is 25.9 Å². The van der Waals surface area contributed by atoms with Crippen LogP contribution < -0.4 is 5.32 Å².